The number of fused-ring (bicyclic) bond motifs is 3. The van der Waals surface area contributed by atoms with Gasteiger partial charge in [-0.1, -0.05) is 12.1 Å². The number of aryl methyl sites for hydroxylation is 1. The average molecular weight is 348 g/mol. The van der Waals surface area contributed by atoms with E-state index in [1.165, 1.54) is 10.9 Å². The summed E-state index contributed by atoms with van der Waals surface area (Å²) in [5, 5.41) is 8.76. The maximum absolute atomic E-state index is 12.7. The standard InChI is InChI=1S/C18H12N4O4/c1-10-6-7-24-15(10)17-21-20-13(26-17)8-22-9-19-14-11-4-2-3-5-12(11)25-16(14)18(22)23/h2-7,9H,8H2,1H3. The molecule has 0 fully saturated rings. The molecular formula is C18H12N4O4. The van der Waals surface area contributed by atoms with Gasteiger partial charge in [0.2, 0.25) is 11.5 Å². The van der Waals surface area contributed by atoms with E-state index in [2.05, 4.69) is 15.2 Å². The first-order valence-corrected chi connectivity index (χ1v) is 7.94. The molecule has 8 nitrogen and oxygen atoms in total. The van der Waals surface area contributed by atoms with Crippen molar-refractivity contribution in [1.29, 1.82) is 0 Å². The van der Waals surface area contributed by atoms with Crippen molar-refractivity contribution in [3.8, 4) is 11.7 Å². The van der Waals surface area contributed by atoms with Gasteiger partial charge >= 0.3 is 0 Å². The van der Waals surface area contributed by atoms with E-state index in [1.54, 1.807) is 12.3 Å². The van der Waals surface area contributed by atoms with E-state index in [0.717, 1.165) is 10.9 Å². The van der Waals surface area contributed by atoms with Crippen molar-refractivity contribution in [3.63, 3.8) is 0 Å². The van der Waals surface area contributed by atoms with Crippen LogP contribution in [-0.2, 0) is 6.54 Å². The minimum atomic E-state index is -0.305. The summed E-state index contributed by atoms with van der Waals surface area (Å²) in [5.74, 6) is 1.06. The van der Waals surface area contributed by atoms with Gasteiger partial charge in [0, 0.05) is 10.9 Å². The molecular weight excluding hydrogens is 336 g/mol. The van der Waals surface area contributed by atoms with E-state index in [4.69, 9.17) is 13.3 Å². The van der Waals surface area contributed by atoms with Crippen molar-refractivity contribution >= 4 is 22.1 Å². The monoisotopic (exact) mass is 348 g/mol. The summed E-state index contributed by atoms with van der Waals surface area (Å²) < 4.78 is 18.0. The molecule has 1 aromatic carbocycles. The van der Waals surface area contributed by atoms with Crippen molar-refractivity contribution < 1.29 is 13.3 Å². The largest absolute Gasteiger partial charge is 0.459 e. The molecule has 0 spiro atoms. The van der Waals surface area contributed by atoms with E-state index in [1.807, 2.05) is 31.2 Å². The summed E-state index contributed by atoms with van der Waals surface area (Å²) in [5.41, 5.74) is 1.95. The Hall–Kier alpha value is -3.68. The van der Waals surface area contributed by atoms with Gasteiger partial charge in [-0.2, -0.15) is 0 Å². The number of hydrogen-bond donors (Lipinski definition) is 0. The van der Waals surface area contributed by atoms with E-state index in [9.17, 15) is 4.79 Å². The minimum Gasteiger partial charge on any atom is -0.459 e. The first kappa shape index (κ1) is 14.6. The topological polar surface area (TPSA) is 100 Å². The zero-order chi connectivity index (χ0) is 17.7. The number of aromatic nitrogens is 4. The summed E-state index contributed by atoms with van der Waals surface area (Å²) in [4.78, 5) is 17.1. The Balaban J connectivity index is 1.55. The van der Waals surface area contributed by atoms with Crippen LogP contribution in [0.2, 0.25) is 0 Å². The second kappa shape index (κ2) is 5.41. The lowest BCUT2D eigenvalue weighted by molar-refractivity contribution is 0.463. The maximum Gasteiger partial charge on any atom is 0.297 e. The van der Waals surface area contributed by atoms with Crippen LogP contribution in [0, 0.1) is 6.92 Å². The SMILES string of the molecule is Cc1ccoc1-c1nnc(Cn2cnc3c(oc4ccccc43)c2=O)o1. The second-order valence-corrected chi connectivity index (χ2v) is 5.89. The van der Waals surface area contributed by atoms with Gasteiger partial charge in [0.05, 0.1) is 12.6 Å². The molecule has 0 aliphatic rings. The Morgan fingerprint density at radius 1 is 1.12 bits per heavy atom. The summed E-state index contributed by atoms with van der Waals surface area (Å²) in [6.45, 7) is 1.97. The zero-order valence-corrected chi connectivity index (χ0v) is 13.7. The van der Waals surface area contributed by atoms with E-state index in [-0.39, 0.29) is 29.5 Å². The molecule has 5 rings (SSSR count). The number of hydrogen-bond acceptors (Lipinski definition) is 7. The fraction of sp³-hybridized carbons (Fsp3) is 0.111. The molecule has 0 saturated heterocycles. The molecule has 0 N–H and O–H groups in total. The molecule has 4 heterocycles. The highest BCUT2D eigenvalue weighted by molar-refractivity contribution is 6.01. The molecule has 0 bridgehead atoms. The van der Waals surface area contributed by atoms with Crippen LogP contribution >= 0.6 is 0 Å². The normalized spacial score (nSPS) is 11.6. The van der Waals surface area contributed by atoms with Crippen LogP contribution in [0.15, 0.2) is 61.0 Å². The highest BCUT2D eigenvalue weighted by Gasteiger charge is 2.17. The van der Waals surface area contributed by atoms with Crippen molar-refractivity contribution in [2.45, 2.75) is 13.5 Å². The number of furan rings is 2. The molecule has 0 atom stereocenters. The predicted molar refractivity (Wildman–Crippen MR) is 91.6 cm³/mol. The van der Waals surface area contributed by atoms with Crippen LogP contribution in [-0.4, -0.2) is 19.7 Å². The third-order valence-corrected chi connectivity index (χ3v) is 4.18. The number of benzene rings is 1. The highest BCUT2D eigenvalue weighted by atomic mass is 16.4. The van der Waals surface area contributed by atoms with Crippen molar-refractivity contribution in [3.05, 3.63) is 64.7 Å². The summed E-state index contributed by atoms with van der Waals surface area (Å²) >= 11 is 0. The number of nitrogens with zero attached hydrogens (tertiary/aromatic N) is 4. The molecule has 0 unspecified atom stereocenters. The van der Waals surface area contributed by atoms with E-state index in [0.29, 0.717) is 16.9 Å². The van der Waals surface area contributed by atoms with Crippen LogP contribution in [0.5, 0.6) is 0 Å². The highest BCUT2D eigenvalue weighted by Crippen LogP contribution is 2.25. The Morgan fingerprint density at radius 3 is 2.85 bits per heavy atom. The van der Waals surface area contributed by atoms with E-state index >= 15 is 0 Å². The average Bonchev–Trinajstić information content (AvgIpc) is 3.35. The second-order valence-electron chi connectivity index (χ2n) is 5.89. The molecule has 128 valence electrons. The smallest absolute Gasteiger partial charge is 0.297 e. The number of para-hydroxylation sites is 1. The molecule has 0 radical (unpaired) electrons. The fourth-order valence-electron chi connectivity index (χ4n) is 2.87. The van der Waals surface area contributed by atoms with E-state index < -0.39 is 0 Å². The first-order valence-electron chi connectivity index (χ1n) is 7.94. The van der Waals surface area contributed by atoms with Gasteiger partial charge in [-0.05, 0) is 25.1 Å². The van der Waals surface area contributed by atoms with Gasteiger partial charge in [-0.3, -0.25) is 9.36 Å². The third-order valence-electron chi connectivity index (χ3n) is 4.18. The van der Waals surface area contributed by atoms with Gasteiger partial charge in [0.15, 0.2) is 5.76 Å². The molecule has 0 aliphatic heterocycles. The third kappa shape index (κ3) is 2.16. The Morgan fingerprint density at radius 2 is 2.00 bits per heavy atom. The van der Waals surface area contributed by atoms with Crippen LogP contribution < -0.4 is 5.56 Å². The van der Waals surface area contributed by atoms with Crippen LogP contribution in [0.25, 0.3) is 33.7 Å². The van der Waals surface area contributed by atoms with Crippen LogP contribution in [0.3, 0.4) is 0 Å². The molecule has 4 aromatic heterocycles. The Labute approximate surface area is 145 Å². The van der Waals surface area contributed by atoms with Gasteiger partial charge in [-0.15, -0.1) is 10.2 Å². The summed E-state index contributed by atoms with van der Waals surface area (Å²) in [7, 11) is 0. The van der Waals surface area contributed by atoms with Crippen molar-refractivity contribution in [2.75, 3.05) is 0 Å². The van der Waals surface area contributed by atoms with Gasteiger partial charge in [0.1, 0.15) is 17.6 Å². The molecule has 0 amide bonds. The van der Waals surface area contributed by atoms with Crippen molar-refractivity contribution in [2.24, 2.45) is 0 Å². The predicted octanol–water partition coefficient (Wildman–Crippen LogP) is 3.14. The minimum absolute atomic E-state index is 0.0889. The van der Waals surface area contributed by atoms with Gasteiger partial charge < -0.3 is 13.3 Å². The lowest BCUT2D eigenvalue weighted by Crippen LogP contribution is -2.20. The van der Waals surface area contributed by atoms with Crippen LogP contribution in [0.1, 0.15) is 11.5 Å². The fourth-order valence-corrected chi connectivity index (χ4v) is 2.87. The Kier molecular flexibility index (Phi) is 3.05. The quantitative estimate of drug-likeness (QED) is 0.494. The Bertz CT molecular complexity index is 1310. The van der Waals surface area contributed by atoms with Gasteiger partial charge in [0.25, 0.3) is 11.4 Å². The van der Waals surface area contributed by atoms with Gasteiger partial charge in [-0.25, -0.2) is 4.98 Å². The molecule has 26 heavy (non-hydrogen) atoms. The molecule has 0 aliphatic carbocycles. The lowest BCUT2D eigenvalue weighted by Gasteiger charge is -2.00. The maximum atomic E-state index is 12.7. The molecule has 8 heteroatoms. The summed E-state index contributed by atoms with van der Waals surface area (Å²) in [6, 6.07) is 9.20. The number of rotatable bonds is 3. The van der Waals surface area contributed by atoms with Crippen molar-refractivity contribution in [1.82, 2.24) is 19.7 Å². The zero-order valence-electron chi connectivity index (χ0n) is 13.7. The first-order chi connectivity index (χ1) is 12.7. The molecule has 5 aromatic rings. The van der Waals surface area contributed by atoms with Crippen LogP contribution in [0.4, 0.5) is 0 Å². The summed E-state index contributed by atoms with van der Waals surface area (Å²) in [6.07, 6.45) is 3.01. The lowest BCUT2D eigenvalue weighted by atomic mass is 10.2. The molecule has 0 saturated carbocycles.